The molecule has 1 saturated heterocycles. The van der Waals surface area contributed by atoms with Gasteiger partial charge < -0.3 is 20.0 Å². The molecule has 0 unspecified atom stereocenters. The number of piperidine rings is 1. The van der Waals surface area contributed by atoms with Crippen LogP contribution in [0.25, 0.3) is 0 Å². The number of hydrogen-bond acceptors (Lipinski definition) is 4. The molecular weight excluding hydrogens is 310 g/mol. The molecule has 3 heterocycles. The monoisotopic (exact) mass is 331 g/mol. The van der Waals surface area contributed by atoms with Crippen LogP contribution in [0.4, 0.5) is 4.79 Å². The maximum absolute atomic E-state index is 12.2. The van der Waals surface area contributed by atoms with Crippen LogP contribution in [0.15, 0.2) is 28.8 Å². The number of rotatable bonds is 4. The molecule has 128 valence electrons. The van der Waals surface area contributed by atoms with Crippen molar-refractivity contribution in [2.75, 3.05) is 20.1 Å². The zero-order valence-corrected chi connectivity index (χ0v) is 13.5. The number of aromatic amines is 1. The molecule has 3 N–H and O–H groups in total. The number of H-pyrrole nitrogens is 1. The Labute approximate surface area is 139 Å². The number of carbonyl (C=O) groups is 2. The summed E-state index contributed by atoms with van der Waals surface area (Å²) in [7, 11) is 1.54. The Morgan fingerprint density at radius 1 is 1.33 bits per heavy atom. The second-order valence-electron chi connectivity index (χ2n) is 5.78. The van der Waals surface area contributed by atoms with Gasteiger partial charge in [0.15, 0.2) is 5.76 Å². The molecule has 1 aliphatic rings. The van der Waals surface area contributed by atoms with Gasteiger partial charge >= 0.3 is 6.03 Å². The number of nitrogens with one attached hydrogen (secondary N) is 3. The molecule has 8 nitrogen and oxygen atoms in total. The summed E-state index contributed by atoms with van der Waals surface area (Å²) in [5.74, 6) is 0.932. The first-order valence-corrected chi connectivity index (χ1v) is 8.00. The Balaban J connectivity index is 1.46. The van der Waals surface area contributed by atoms with Gasteiger partial charge in [0.05, 0.1) is 6.54 Å². The summed E-state index contributed by atoms with van der Waals surface area (Å²) >= 11 is 0. The van der Waals surface area contributed by atoms with E-state index in [0.29, 0.717) is 24.8 Å². The van der Waals surface area contributed by atoms with E-state index in [0.717, 1.165) is 18.5 Å². The zero-order chi connectivity index (χ0) is 16.9. The molecular formula is C16H21N5O3. The number of carbonyl (C=O) groups excluding carboxylic acids is 2. The third-order valence-electron chi connectivity index (χ3n) is 4.27. The average molecular weight is 331 g/mol. The highest BCUT2D eigenvalue weighted by Crippen LogP contribution is 2.26. The van der Waals surface area contributed by atoms with Crippen molar-refractivity contribution in [2.45, 2.75) is 25.3 Å². The van der Waals surface area contributed by atoms with E-state index in [4.69, 9.17) is 4.42 Å². The second kappa shape index (κ2) is 7.20. The van der Waals surface area contributed by atoms with Crippen molar-refractivity contribution in [1.29, 1.82) is 0 Å². The van der Waals surface area contributed by atoms with Crippen molar-refractivity contribution in [3.05, 3.63) is 41.6 Å². The Bertz CT molecular complexity index is 686. The third kappa shape index (κ3) is 3.58. The molecule has 0 spiro atoms. The number of nitrogens with zero attached hydrogens (tertiary/aromatic N) is 2. The van der Waals surface area contributed by atoms with Crippen LogP contribution < -0.4 is 10.6 Å². The van der Waals surface area contributed by atoms with Crippen LogP contribution in [0.5, 0.6) is 0 Å². The maximum atomic E-state index is 12.2. The van der Waals surface area contributed by atoms with Gasteiger partial charge in [0, 0.05) is 37.9 Å². The molecule has 24 heavy (non-hydrogen) atoms. The molecule has 0 aliphatic carbocycles. The number of amides is 3. The fraction of sp³-hybridized carbons (Fsp3) is 0.438. The highest BCUT2D eigenvalue weighted by molar-refractivity contribution is 5.91. The molecule has 2 aromatic heterocycles. The summed E-state index contributed by atoms with van der Waals surface area (Å²) in [5.41, 5.74) is 1.13. The average Bonchev–Trinajstić information content (AvgIpc) is 3.31. The van der Waals surface area contributed by atoms with Gasteiger partial charge in [0.25, 0.3) is 5.91 Å². The van der Waals surface area contributed by atoms with Gasteiger partial charge in [-0.15, -0.1) is 0 Å². The Kier molecular flexibility index (Phi) is 4.83. The van der Waals surface area contributed by atoms with Gasteiger partial charge in [0.2, 0.25) is 0 Å². The third-order valence-corrected chi connectivity index (χ3v) is 4.27. The van der Waals surface area contributed by atoms with Crippen LogP contribution in [0.1, 0.15) is 40.8 Å². The van der Waals surface area contributed by atoms with Gasteiger partial charge in [0.1, 0.15) is 5.76 Å². The second-order valence-corrected chi connectivity index (χ2v) is 5.78. The lowest BCUT2D eigenvalue weighted by Gasteiger charge is -2.31. The van der Waals surface area contributed by atoms with Crippen molar-refractivity contribution in [2.24, 2.45) is 0 Å². The fourth-order valence-electron chi connectivity index (χ4n) is 2.88. The zero-order valence-electron chi connectivity index (χ0n) is 13.5. The number of likely N-dealkylation sites (tertiary alicyclic amines) is 1. The van der Waals surface area contributed by atoms with Crippen LogP contribution in [0, 0.1) is 0 Å². The molecule has 0 aromatic carbocycles. The summed E-state index contributed by atoms with van der Waals surface area (Å²) in [6.07, 6.45) is 3.58. The molecule has 0 radical (unpaired) electrons. The smallest absolute Gasteiger partial charge is 0.317 e. The molecule has 0 atom stereocenters. The van der Waals surface area contributed by atoms with Crippen molar-refractivity contribution in [3.63, 3.8) is 0 Å². The summed E-state index contributed by atoms with van der Waals surface area (Å²) in [6, 6.07) is 5.16. The van der Waals surface area contributed by atoms with E-state index < -0.39 is 0 Å². The summed E-state index contributed by atoms with van der Waals surface area (Å²) in [4.78, 5) is 25.5. The first kappa shape index (κ1) is 16.1. The molecule has 0 saturated carbocycles. The van der Waals surface area contributed by atoms with Crippen LogP contribution in [-0.2, 0) is 6.54 Å². The Hall–Kier alpha value is -2.77. The highest BCUT2D eigenvalue weighted by Gasteiger charge is 2.24. The van der Waals surface area contributed by atoms with Gasteiger partial charge in [-0.25, -0.2) is 4.79 Å². The quantitative estimate of drug-likeness (QED) is 0.789. The number of hydrogen-bond donors (Lipinski definition) is 3. The predicted molar refractivity (Wildman–Crippen MR) is 86.5 cm³/mol. The SMILES string of the molecule is CNC(=O)c1ccc(CNC(=O)N2CCC(c3ccn[nH]3)CC2)o1. The first-order chi connectivity index (χ1) is 11.7. The first-order valence-electron chi connectivity index (χ1n) is 8.00. The topological polar surface area (TPSA) is 103 Å². The highest BCUT2D eigenvalue weighted by atomic mass is 16.4. The predicted octanol–water partition coefficient (Wildman–Crippen LogP) is 1.45. The van der Waals surface area contributed by atoms with E-state index in [1.807, 2.05) is 6.07 Å². The van der Waals surface area contributed by atoms with E-state index >= 15 is 0 Å². The molecule has 8 heteroatoms. The van der Waals surface area contributed by atoms with Crippen LogP contribution >= 0.6 is 0 Å². The maximum Gasteiger partial charge on any atom is 0.317 e. The molecule has 1 fully saturated rings. The molecule has 1 aliphatic heterocycles. The summed E-state index contributed by atoms with van der Waals surface area (Å²) in [6.45, 7) is 1.67. The standard InChI is InChI=1S/C16H21N5O3/c1-17-15(22)14-3-2-12(24-14)10-18-16(23)21-8-5-11(6-9-21)13-4-7-19-20-13/h2-4,7,11H,5-6,8-10H2,1H3,(H,17,22)(H,18,23)(H,19,20). The lowest BCUT2D eigenvalue weighted by Crippen LogP contribution is -2.43. The van der Waals surface area contributed by atoms with Gasteiger partial charge in [-0.1, -0.05) is 0 Å². The van der Waals surface area contributed by atoms with Gasteiger partial charge in [-0.2, -0.15) is 5.10 Å². The molecule has 2 aromatic rings. The minimum absolute atomic E-state index is 0.115. The molecule has 3 amide bonds. The Morgan fingerprint density at radius 2 is 2.12 bits per heavy atom. The van der Waals surface area contributed by atoms with Crippen LogP contribution in [0.2, 0.25) is 0 Å². The summed E-state index contributed by atoms with van der Waals surface area (Å²) < 4.78 is 5.38. The number of furan rings is 1. The van der Waals surface area contributed by atoms with E-state index in [2.05, 4.69) is 20.8 Å². The number of urea groups is 1. The van der Waals surface area contributed by atoms with Gasteiger partial charge in [-0.05, 0) is 31.0 Å². The summed E-state index contributed by atoms with van der Waals surface area (Å²) in [5, 5.41) is 12.3. The van der Waals surface area contributed by atoms with E-state index in [-0.39, 0.29) is 24.2 Å². The molecule has 0 bridgehead atoms. The van der Waals surface area contributed by atoms with E-state index in [1.54, 1.807) is 30.3 Å². The van der Waals surface area contributed by atoms with Crippen LogP contribution in [0.3, 0.4) is 0 Å². The Morgan fingerprint density at radius 3 is 2.79 bits per heavy atom. The lowest BCUT2D eigenvalue weighted by molar-refractivity contribution is 0.0933. The van der Waals surface area contributed by atoms with E-state index in [9.17, 15) is 9.59 Å². The van der Waals surface area contributed by atoms with Crippen molar-refractivity contribution in [1.82, 2.24) is 25.7 Å². The van der Waals surface area contributed by atoms with E-state index in [1.165, 1.54) is 0 Å². The number of aromatic nitrogens is 2. The van der Waals surface area contributed by atoms with Crippen LogP contribution in [-0.4, -0.2) is 47.2 Å². The normalized spacial score (nSPS) is 15.3. The minimum atomic E-state index is -0.284. The van der Waals surface area contributed by atoms with Crippen molar-refractivity contribution in [3.8, 4) is 0 Å². The molecule has 3 rings (SSSR count). The van der Waals surface area contributed by atoms with Crippen molar-refractivity contribution < 1.29 is 14.0 Å². The van der Waals surface area contributed by atoms with Crippen molar-refractivity contribution >= 4 is 11.9 Å². The fourth-order valence-corrected chi connectivity index (χ4v) is 2.88. The largest absolute Gasteiger partial charge is 0.454 e. The minimum Gasteiger partial charge on any atom is -0.454 e. The van der Waals surface area contributed by atoms with Gasteiger partial charge in [-0.3, -0.25) is 9.89 Å². The lowest BCUT2D eigenvalue weighted by atomic mass is 9.94.